The molecule has 2 N–H and O–H groups in total. The fourth-order valence-corrected chi connectivity index (χ4v) is 1.71. The summed E-state index contributed by atoms with van der Waals surface area (Å²) in [5.41, 5.74) is 0.486. The van der Waals surface area contributed by atoms with E-state index in [1.54, 1.807) is 18.2 Å². The van der Waals surface area contributed by atoms with Gasteiger partial charge in [0.2, 0.25) is 0 Å². The zero-order valence-electron chi connectivity index (χ0n) is 7.71. The number of hydrogen-bond donors (Lipinski definition) is 2. The Morgan fingerprint density at radius 2 is 1.93 bits per heavy atom. The molecule has 1 unspecified atom stereocenters. The molecule has 0 saturated heterocycles. The van der Waals surface area contributed by atoms with E-state index in [2.05, 4.69) is 12.8 Å². The Morgan fingerprint density at radius 3 is 2.33 bits per heavy atom. The molecule has 0 saturated carbocycles. The fourth-order valence-electron chi connectivity index (χ4n) is 1.17. The van der Waals surface area contributed by atoms with E-state index in [1.807, 2.05) is 0 Å². The normalized spacial score (nSPS) is 11.8. The van der Waals surface area contributed by atoms with Crippen LogP contribution in [-0.4, -0.2) is 24.7 Å². The summed E-state index contributed by atoms with van der Waals surface area (Å²) in [4.78, 5) is 10.9. The first kappa shape index (κ1) is 12.1. The summed E-state index contributed by atoms with van der Waals surface area (Å²) in [6.07, 6.45) is 1.31. The Balaban J connectivity index is 3.10. The topological polar surface area (TPSA) is 49.3 Å². The molecule has 15 heavy (non-hydrogen) atoms. The molecular weight excluding hydrogens is 236 g/mol. The molecule has 0 aliphatic rings. The molecule has 0 bridgehead atoms. The first-order chi connectivity index (χ1) is 7.04. The SMILES string of the molecule is B=CNC(C(=O)O)c1cc(Cl)cc(Cl)c1. The Bertz CT molecular complexity index is 377. The number of carboxylic acid groups (broad SMARTS) is 1. The molecule has 0 aromatic heterocycles. The van der Waals surface area contributed by atoms with Crippen LogP contribution in [0.4, 0.5) is 0 Å². The molecule has 0 aliphatic heterocycles. The summed E-state index contributed by atoms with van der Waals surface area (Å²) < 4.78 is 0. The second-order valence-electron chi connectivity index (χ2n) is 2.84. The van der Waals surface area contributed by atoms with E-state index in [9.17, 15) is 4.79 Å². The van der Waals surface area contributed by atoms with Crippen LogP contribution in [-0.2, 0) is 4.79 Å². The Kier molecular flexibility index (Phi) is 4.18. The predicted molar refractivity (Wildman–Crippen MR) is 63.2 cm³/mol. The molecule has 1 rings (SSSR count). The van der Waals surface area contributed by atoms with E-state index in [1.165, 1.54) is 6.09 Å². The summed E-state index contributed by atoms with van der Waals surface area (Å²) in [5.74, 6) is -1.02. The molecule has 0 spiro atoms. The molecule has 1 aromatic rings. The first-order valence-corrected chi connectivity index (χ1v) is 4.86. The summed E-state index contributed by atoms with van der Waals surface area (Å²) >= 11 is 11.5. The first-order valence-electron chi connectivity index (χ1n) is 4.10. The molecule has 78 valence electrons. The fraction of sp³-hybridized carbons (Fsp3) is 0.111. The summed E-state index contributed by atoms with van der Waals surface area (Å²) in [6.45, 7) is 0. The molecule has 0 fully saturated rings. The van der Waals surface area contributed by atoms with Gasteiger partial charge in [0.25, 0.3) is 0 Å². The van der Waals surface area contributed by atoms with Crippen LogP contribution in [0.2, 0.25) is 10.0 Å². The van der Waals surface area contributed by atoms with E-state index in [-0.39, 0.29) is 0 Å². The van der Waals surface area contributed by atoms with Gasteiger partial charge in [0.05, 0.1) is 0 Å². The Labute approximate surface area is 98.1 Å². The van der Waals surface area contributed by atoms with Gasteiger partial charge in [-0.2, -0.15) is 0 Å². The van der Waals surface area contributed by atoms with Crippen molar-refractivity contribution in [3.8, 4) is 0 Å². The number of nitrogens with one attached hydrogen (secondary N) is 1. The van der Waals surface area contributed by atoms with Gasteiger partial charge in [0, 0.05) is 0 Å². The number of rotatable bonds is 4. The standard InChI is InChI=1S/C9H8BCl2NO2/c10-4-13-8(9(14)15)5-1-6(11)3-7(12)2-5/h1-4,8,10,13H,(H,14,15). The van der Waals surface area contributed by atoms with Gasteiger partial charge in [0.15, 0.2) is 0 Å². The zero-order chi connectivity index (χ0) is 11.4. The van der Waals surface area contributed by atoms with E-state index in [0.717, 1.165) is 0 Å². The van der Waals surface area contributed by atoms with Crippen LogP contribution in [0.15, 0.2) is 18.2 Å². The van der Waals surface area contributed by atoms with E-state index in [0.29, 0.717) is 15.6 Å². The van der Waals surface area contributed by atoms with Gasteiger partial charge < -0.3 is 0 Å². The minimum absolute atomic E-state index is 0.398. The Morgan fingerprint density at radius 1 is 1.40 bits per heavy atom. The van der Waals surface area contributed by atoms with E-state index < -0.39 is 12.0 Å². The van der Waals surface area contributed by atoms with Gasteiger partial charge in [0.1, 0.15) is 0 Å². The number of carboxylic acids is 1. The van der Waals surface area contributed by atoms with E-state index >= 15 is 0 Å². The van der Waals surface area contributed by atoms with Crippen molar-refractivity contribution in [1.29, 1.82) is 0 Å². The summed E-state index contributed by atoms with van der Waals surface area (Å²) in [5, 5.41) is 12.3. The molecule has 3 nitrogen and oxygen atoms in total. The van der Waals surface area contributed by atoms with Crippen molar-refractivity contribution in [2.24, 2.45) is 0 Å². The molecule has 6 heteroatoms. The monoisotopic (exact) mass is 243 g/mol. The number of benzene rings is 1. The minimum atomic E-state index is -1.02. The average molecular weight is 244 g/mol. The molecule has 0 aliphatic carbocycles. The van der Waals surface area contributed by atoms with Crippen LogP contribution in [0.3, 0.4) is 0 Å². The number of aliphatic carboxylic acids is 1. The maximum absolute atomic E-state index is 10.9. The van der Waals surface area contributed by atoms with Gasteiger partial charge >= 0.3 is 97.8 Å². The van der Waals surface area contributed by atoms with Crippen molar-refractivity contribution in [1.82, 2.24) is 5.32 Å². The molecule has 0 heterocycles. The average Bonchev–Trinajstić information content (AvgIpc) is 2.11. The summed E-state index contributed by atoms with van der Waals surface area (Å²) in [7, 11) is 3.41. The number of hydrogen-bond acceptors (Lipinski definition) is 2. The zero-order valence-corrected chi connectivity index (χ0v) is 9.22. The molecular formula is C9H8BCl2NO2. The van der Waals surface area contributed by atoms with Crippen LogP contribution in [0, 0.1) is 0 Å². The van der Waals surface area contributed by atoms with Crippen molar-refractivity contribution in [3.05, 3.63) is 33.8 Å². The second kappa shape index (κ2) is 5.19. The van der Waals surface area contributed by atoms with Crippen molar-refractivity contribution < 1.29 is 9.90 Å². The molecule has 1 atom stereocenters. The van der Waals surface area contributed by atoms with Crippen molar-refractivity contribution in [2.75, 3.05) is 0 Å². The van der Waals surface area contributed by atoms with Crippen molar-refractivity contribution in [2.45, 2.75) is 6.04 Å². The van der Waals surface area contributed by atoms with Gasteiger partial charge in [-0.05, 0) is 0 Å². The van der Waals surface area contributed by atoms with Gasteiger partial charge in [-0.25, -0.2) is 0 Å². The number of halogens is 2. The van der Waals surface area contributed by atoms with Gasteiger partial charge in [-0.1, -0.05) is 0 Å². The van der Waals surface area contributed by atoms with Crippen molar-refractivity contribution >= 4 is 42.7 Å². The van der Waals surface area contributed by atoms with Crippen LogP contribution >= 0.6 is 23.2 Å². The van der Waals surface area contributed by atoms with Gasteiger partial charge in [-0.15, -0.1) is 0 Å². The third-order valence-corrected chi connectivity index (χ3v) is 2.19. The quantitative estimate of drug-likeness (QED) is 0.786. The van der Waals surface area contributed by atoms with Crippen LogP contribution in [0.1, 0.15) is 11.6 Å². The van der Waals surface area contributed by atoms with Crippen LogP contribution in [0.5, 0.6) is 0 Å². The van der Waals surface area contributed by atoms with E-state index in [4.69, 9.17) is 28.3 Å². The maximum atomic E-state index is 10.9. The second-order valence-corrected chi connectivity index (χ2v) is 3.72. The molecule has 0 radical (unpaired) electrons. The molecule has 0 amide bonds. The predicted octanol–water partition coefficient (Wildman–Crippen LogP) is 1.37. The third kappa shape index (κ3) is 3.25. The Hall–Kier alpha value is -0.995. The number of carbonyl (C=O) groups is 1. The van der Waals surface area contributed by atoms with Gasteiger partial charge in [-0.3, -0.25) is 0 Å². The molecule has 1 aromatic carbocycles. The third-order valence-electron chi connectivity index (χ3n) is 1.75. The van der Waals surface area contributed by atoms with Crippen LogP contribution in [0.25, 0.3) is 0 Å². The van der Waals surface area contributed by atoms with Crippen molar-refractivity contribution in [3.63, 3.8) is 0 Å². The summed E-state index contributed by atoms with van der Waals surface area (Å²) in [6, 6.07) is 3.74. The van der Waals surface area contributed by atoms with Crippen LogP contribution < -0.4 is 5.32 Å².